The largest absolute Gasteiger partial charge is 0.248 e. The normalized spacial score (nSPS) is 11.1. The van der Waals surface area contributed by atoms with E-state index < -0.39 is 9.84 Å². The summed E-state index contributed by atoms with van der Waals surface area (Å²) in [5.41, 5.74) is 2.94. The van der Waals surface area contributed by atoms with Gasteiger partial charge >= 0.3 is 0 Å². The van der Waals surface area contributed by atoms with Gasteiger partial charge in [-0.2, -0.15) is 5.26 Å². The number of hydrogen-bond acceptors (Lipinski definition) is 4. The maximum absolute atomic E-state index is 12.1. The summed E-state index contributed by atoms with van der Waals surface area (Å²) in [6, 6.07) is 19.0. The highest BCUT2D eigenvalue weighted by molar-refractivity contribution is 7.90. The van der Waals surface area contributed by atoms with Crippen molar-refractivity contribution in [1.82, 2.24) is 4.98 Å². The highest BCUT2D eigenvalue weighted by Crippen LogP contribution is 2.28. The minimum atomic E-state index is -3.42. The van der Waals surface area contributed by atoms with E-state index in [9.17, 15) is 8.42 Å². The summed E-state index contributed by atoms with van der Waals surface area (Å²) in [6.45, 7) is 0. The zero-order chi connectivity index (χ0) is 18.0. The summed E-state index contributed by atoms with van der Waals surface area (Å²) in [7, 11) is -3.42. The van der Waals surface area contributed by atoms with Gasteiger partial charge in [-0.15, -0.1) is 0 Å². The molecule has 0 saturated carbocycles. The molecule has 0 bridgehead atoms. The number of nitrogens with zero attached hydrogens (tertiary/aromatic N) is 2. The van der Waals surface area contributed by atoms with E-state index >= 15 is 0 Å². The number of pyridine rings is 1. The maximum atomic E-state index is 12.1. The fourth-order valence-electron chi connectivity index (χ4n) is 2.38. The first-order valence-electron chi connectivity index (χ1n) is 7.35. The summed E-state index contributed by atoms with van der Waals surface area (Å²) < 4.78 is 24.2. The molecule has 0 aliphatic carbocycles. The molecule has 0 fully saturated rings. The second kappa shape index (κ2) is 6.67. The van der Waals surface area contributed by atoms with Crippen LogP contribution in [0.3, 0.4) is 0 Å². The van der Waals surface area contributed by atoms with Crippen LogP contribution >= 0.6 is 11.6 Å². The minimum absolute atomic E-state index is 0.171. The van der Waals surface area contributed by atoms with E-state index in [0.29, 0.717) is 27.5 Å². The number of aromatic nitrogens is 1. The average molecular weight is 369 g/mol. The van der Waals surface area contributed by atoms with Crippen LogP contribution < -0.4 is 0 Å². The standard InChI is InChI=1S/C19H13ClN2O2S/c1-25(23,24)17-10-18(14-5-7-16(20)8-6-14)22-19(11-17)15-4-2-3-13(9-15)12-21/h2-11H,1H3. The molecule has 25 heavy (non-hydrogen) atoms. The van der Waals surface area contributed by atoms with Gasteiger partial charge in [0, 0.05) is 22.4 Å². The molecule has 0 atom stereocenters. The Balaban J connectivity index is 2.23. The van der Waals surface area contributed by atoms with Crippen molar-refractivity contribution in [2.24, 2.45) is 0 Å². The summed E-state index contributed by atoms with van der Waals surface area (Å²) >= 11 is 5.92. The van der Waals surface area contributed by atoms with Gasteiger partial charge in [0.15, 0.2) is 9.84 Å². The molecule has 3 rings (SSSR count). The average Bonchev–Trinajstić information content (AvgIpc) is 2.61. The van der Waals surface area contributed by atoms with Crippen LogP contribution in [0.15, 0.2) is 65.6 Å². The van der Waals surface area contributed by atoms with Gasteiger partial charge in [-0.1, -0.05) is 35.9 Å². The highest BCUT2D eigenvalue weighted by atomic mass is 35.5. The van der Waals surface area contributed by atoms with Crippen molar-refractivity contribution in [3.05, 3.63) is 71.2 Å². The van der Waals surface area contributed by atoms with Gasteiger partial charge in [-0.25, -0.2) is 13.4 Å². The lowest BCUT2D eigenvalue weighted by atomic mass is 10.1. The van der Waals surface area contributed by atoms with E-state index in [0.717, 1.165) is 11.8 Å². The Morgan fingerprint density at radius 2 is 1.60 bits per heavy atom. The lowest BCUT2D eigenvalue weighted by Gasteiger charge is -2.09. The first-order chi connectivity index (χ1) is 11.9. The van der Waals surface area contributed by atoms with Gasteiger partial charge in [-0.05, 0) is 36.4 Å². The van der Waals surface area contributed by atoms with E-state index in [-0.39, 0.29) is 4.90 Å². The molecule has 0 aliphatic heterocycles. The van der Waals surface area contributed by atoms with E-state index in [1.54, 1.807) is 48.5 Å². The van der Waals surface area contributed by atoms with Crippen LogP contribution in [0.1, 0.15) is 5.56 Å². The molecule has 3 aromatic rings. The third-order valence-electron chi connectivity index (χ3n) is 3.65. The van der Waals surface area contributed by atoms with Crippen molar-refractivity contribution in [3.8, 4) is 28.6 Å². The Hall–Kier alpha value is -2.68. The fraction of sp³-hybridized carbons (Fsp3) is 0.0526. The first kappa shape index (κ1) is 17.2. The van der Waals surface area contributed by atoms with E-state index in [4.69, 9.17) is 16.9 Å². The van der Waals surface area contributed by atoms with Crippen molar-refractivity contribution >= 4 is 21.4 Å². The summed E-state index contributed by atoms with van der Waals surface area (Å²) in [4.78, 5) is 4.75. The van der Waals surface area contributed by atoms with Gasteiger partial charge in [0.05, 0.1) is 27.9 Å². The van der Waals surface area contributed by atoms with Crippen molar-refractivity contribution in [3.63, 3.8) is 0 Å². The van der Waals surface area contributed by atoms with Crippen molar-refractivity contribution in [1.29, 1.82) is 5.26 Å². The van der Waals surface area contributed by atoms with Gasteiger partial charge in [0.2, 0.25) is 0 Å². The predicted molar refractivity (Wildman–Crippen MR) is 97.9 cm³/mol. The number of nitriles is 1. The van der Waals surface area contributed by atoms with Crippen LogP contribution in [0.5, 0.6) is 0 Å². The molecule has 0 saturated heterocycles. The Morgan fingerprint density at radius 1 is 0.960 bits per heavy atom. The van der Waals surface area contributed by atoms with Crippen molar-refractivity contribution in [2.45, 2.75) is 4.90 Å². The first-order valence-corrected chi connectivity index (χ1v) is 9.62. The number of benzene rings is 2. The van der Waals surface area contributed by atoms with Crippen LogP contribution in [0.4, 0.5) is 0 Å². The third-order valence-corrected chi connectivity index (χ3v) is 5.00. The van der Waals surface area contributed by atoms with Crippen LogP contribution in [0.2, 0.25) is 5.02 Å². The van der Waals surface area contributed by atoms with E-state index in [2.05, 4.69) is 11.1 Å². The van der Waals surface area contributed by atoms with E-state index in [1.165, 1.54) is 12.1 Å². The molecule has 0 spiro atoms. The third kappa shape index (κ3) is 3.87. The molecular formula is C19H13ClN2O2S. The Morgan fingerprint density at radius 3 is 2.20 bits per heavy atom. The van der Waals surface area contributed by atoms with E-state index in [1.807, 2.05) is 0 Å². The Kier molecular flexibility index (Phi) is 4.58. The second-order valence-electron chi connectivity index (χ2n) is 5.54. The topological polar surface area (TPSA) is 70.8 Å². The smallest absolute Gasteiger partial charge is 0.175 e. The molecule has 6 heteroatoms. The molecule has 124 valence electrons. The number of sulfone groups is 1. The Labute approximate surface area is 151 Å². The molecule has 0 radical (unpaired) electrons. The molecule has 0 N–H and O–H groups in total. The molecule has 0 aliphatic rings. The lowest BCUT2D eigenvalue weighted by Crippen LogP contribution is -2.00. The van der Waals surface area contributed by atoms with Crippen molar-refractivity contribution in [2.75, 3.05) is 6.26 Å². The highest BCUT2D eigenvalue weighted by Gasteiger charge is 2.14. The number of halogens is 1. The maximum Gasteiger partial charge on any atom is 0.175 e. The molecular weight excluding hydrogens is 356 g/mol. The van der Waals surface area contributed by atoms with Crippen LogP contribution in [-0.2, 0) is 9.84 Å². The molecule has 1 aromatic heterocycles. The monoisotopic (exact) mass is 368 g/mol. The zero-order valence-corrected chi connectivity index (χ0v) is 14.8. The van der Waals surface area contributed by atoms with Crippen LogP contribution in [0, 0.1) is 11.3 Å². The quantitative estimate of drug-likeness (QED) is 0.689. The van der Waals surface area contributed by atoms with Crippen molar-refractivity contribution < 1.29 is 8.42 Å². The van der Waals surface area contributed by atoms with Gasteiger partial charge in [0.1, 0.15) is 0 Å². The predicted octanol–water partition coefficient (Wildman–Crippen LogP) is 4.34. The number of hydrogen-bond donors (Lipinski definition) is 0. The Bertz CT molecular complexity index is 1090. The van der Waals surface area contributed by atoms with Gasteiger partial charge in [0.25, 0.3) is 0 Å². The molecule has 4 nitrogen and oxygen atoms in total. The molecule has 2 aromatic carbocycles. The number of rotatable bonds is 3. The zero-order valence-electron chi connectivity index (χ0n) is 13.3. The SMILES string of the molecule is CS(=O)(=O)c1cc(-c2ccc(Cl)cc2)nc(-c2cccc(C#N)c2)c1. The van der Waals surface area contributed by atoms with Crippen LogP contribution in [-0.4, -0.2) is 19.7 Å². The fourth-order valence-corrected chi connectivity index (χ4v) is 3.16. The molecule has 1 heterocycles. The summed E-state index contributed by atoms with van der Waals surface area (Å²) in [5, 5.41) is 9.66. The summed E-state index contributed by atoms with van der Waals surface area (Å²) in [5.74, 6) is 0. The molecule has 0 amide bonds. The molecule has 0 unspecified atom stereocenters. The van der Waals surface area contributed by atoms with Gasteiger partial charge in [-0.3, -0.25) is 0 Å². The minimum Gasteiger partial charge on any atom is -0.248 e. The lowest BCUT2D eigenvalue weighted by molar-refractivity contribution is 0.602. The second-order valence-corrected chi connectivity index (χ2v) is 8.00. The summed E-state index contributed by atoms with van der Waals surface area (Å²) in [6.07, 6.45) is 1.16. The van der Waals surface area contributed by atoms with Gasteiger partial charge < -0.3 is 0 Å². The van der Waals surface area contributed by atoms with Crippen LogP contribution in [0.25, 0.3) is 22.5 Å².